The summed E-state index contributed by atoms with van der Waals surface area (Å²) < 4.78 is 11.9. The van der Waals surface area contributed by atoms with Gasteiger partial charge >= 0.3 is 0 Å². The van der Waals surface area contributed by atoms with E-state index in [1.807, 2.05) is 6.92 Å². The van der Waals surface area contributed by atoms with Gasteiger partial charge in [-0.3, -0.25) is 9.59 Å². The Balaban J connectivity index is 1.55. The highest BCUT2D eigenvalue weighted by molar-refractivity contribution is 5.81. The van der Waals surface area contributed by atoms with Gasteiger partial charge in [0.1, 0.15) is 5.76 Å². The van der Waals surface area contributed by atoms with Gasteiger partial charge in [0.15, 0.2) is 5.52 Å². The molecule has 0 spiro atoms. The van der Waals surface area contributed by atoms with Crippen molar-refractivity contribution in [2.75, 3.05) is 13.2 Å². The molecular formula is C16H22N4O4. The van der Waals surface area contributed by atoms with Crippen molar-refractivity contribution in [3.63, 3.8) is 0 Å². The first-order chi connectivity index (χ1) is 11.6. The van der Waals surface area contributed by atoms with Crippen molar-refractivity contribution < 1.29 is 14.1 Å². The number of ether oxygens (including phenoxy) is 1. The number of aromatic nitrogens is 3. The molecule has 0 saturated carbocycles. The summed E-state index contributed by atoms with van der Waals surface area (Å²) in [6, 6.07) is 0. The fraction of sp³-hybridized carbons (Fsp3) is 0.625. The van der Waals surface area contributed by atoms with E-state index < -0.39 is 0 Å². The lowest BCUT2D eigenvalue weighted by Crippen LogP contribution is -2.32. The number of aryl methyl sites for hydroxylation is 3. The van der Waals surface area contributed by atoms with E-state index in [-0.39, 0.29) is 17.6 Å². The number of hydrogen-bond donors (Lipinski definition) is 1. The average molecular weight is 334 g/mol. The van der Waals surface area contributed by atoms with Crippen LogP contribution in [0.5, 0.6) is 0 Å². The number of carbonyl (C=O) groups excluding carboxylic acids is 1. The van der Waals surface area contributed by atoms with Crippen LogP contribution in [-0.2, 0) is 16.1 Å². The van der Waals surface area contributed by atoms with Crippen molar-refractivity contribution in [3.8, 4) is 0 Å². The van der Waals surface area contributed by atoms with Gasteiger partial charge in [0.05, 0.1) is 17.2 Å². The molecular weight excluding hydrogens is 312 g/mol. The van der Waals surface area contributed by atoms with Gasteiger partial charge < -0.3 is 14.6 Å². The first-order valence-corrected chi connectivity index (χ1v) is 8.28. The summed E-state index contributed by atoms with van der Waals surface area (Å²) >= 11 is 0. The van der Waals surface area contributed by atoms with Crippen molar-refractivity contribution in [1.82, 2.24) is 20.3 Å². The van der Waals surface area contributed by atoms with Gasteiger partial charge in [-0.05, 0) is 33.1 Å². The second kappa shape index (κ2) is 7.12. The molecule has 3 heterocycles. The zero-order valence-corrected chi connectivity index (χ0v) is 14.0. The summed E-state index contributed by atoms with van der Waals surface area (Å²) in [4.78, 5) is 24.2. The van der Waals surface area contributed by atoms with Crippen LogP contribution < -0.4 is 10.9 Å². The monoisotopic (exact) mass is 334 g/mol. The van der Waals surface area contributed by atoms with Crippen LogP contribution in [0.1, 0.15) is 37.1 Å². The molecule has 1 N–H and O–H groups in total. The van der Waals surface area contributed by atoms with Crippen LogP contribution in [0.3, 0.4) is 0 Å². The van der Waals surface area contributed by atoms with Crippen LogP contribution in [0.4, 0.5) is 0 Å². The van der Waals surface area contributed by atoms with Crippen LogP contribution in [0, 0.1) is 13.8 Å². The molecule has 0 radical (unpaired) electrons. The van der Waals surface area contributed by atoms with Crippen LogP contribution in [0.25, 0.3) is 10.9 Å². The molecule has 1 aliphatic heterocycles. The summed E-state index contributed by atoms with van der Waals surface area (Å²) in [5.74, 6) is 0.557. The molecule has 8 nitrogen and oxygen atoms in total. The lowest BCUT2D eigenvalue weighted by Gasteiger charge is -2.11. The number of nitrogens with zero attached hydrogens (tertiary/aromatic N) is 3. The highest BCUT2D eigenvalue weighted by atomic mass is 16.5. The molecule has 2 aromatic rings. The summed E-state index contributed by atoms with van der Waals surface area (Å²) in [5.41, 5.74) is 0.709. The third-order valence-corrected chi connectivity index (χ3v) is 4.26. The van der Waals surface area contributed by atoms with Crippen LogP contribution in [-0.4, -0.2) is 40.1 Å². The molecule has 2 aromatic heterocycles. The lowest BCUT2D eigenvalue weighted by molar-refractivity contribution is -0.121. The summed E-state index contributed by atoms with van der Waals surface area (Å²) in [6.07, 6.45) is 3.06. The number of carbonyl (C=O) groups is 1. The predicted octanol–water partition coefficient (Wildman–Crippen LogP) is 1.08. The molecule has 1 saturated heterocycles. The first-order valence-electron chi connectivity index (χ1n) is 8.28. The molecule has 3 rings (SSSR count). The second-order valence-electron chi connectivity index (χ2n) is 6.12. The van der Waals surface area contributed by atoms with Crippen molar-refractivity contribution in [3.05, 3.63) is 21.8 Å². The molecule has 1 fully saturated rings. The highest BCUT2D eigenvalue weighted by Crippen LogP contribution is 2.16. The quantitative estimate of drug-likeness (QED) is 0.848. The van der Waals surface area contributed by atoms with Gasteiger partial charge in [0.2, 0.25) is 5.91 Å². The number of fused-ring (bicyclic) bond motifs is 1. The molecule has 1 aliphatic rings. The fourth-order valence-corrected chi connectivity index (χ4v) is 3.01. The maximum atomic E-state index is 12.3. The summed E-state index contributed by atoms with van der Waals surface area (Å²) in [6.45, 7) is 5.27. The lowest BCUT2D eigenvalue weighted by atomic mass is 10.2. The summed E-state index contributed by atoms with van der Waals surface area (Å²) in [5, 5.41) is 11.6. The third-order valence-electron chi connectivity index (χ3n) is 4.26. The van der Waals surface area contributed by atoms with Crippen LogP contribution in [0.15, 0.2) is 9.32 Å². The Morgan fingerprint density at radius 3 is 3.00 bits per heavy atom. The topological polar surface area (TPSA) is 99.2 Å². The minimum Gasteiger partial charge on any atom is -0.376 e. The van der Waals surface area contributed by atoms with Gasteiger partial charge in [0, 0.05) is 26.1 Å². The van der Waals surface area contributed by atoms with E-state index in [1.54, 1.807) is 6.92 Å². The van der Waals surface area contributed by atoms with Crippen LogP contribution >= 0.6 is 0 Å². The molecule has 8 heteroatoms. The number of nitrogens with one attached hydrogen (secondary N) is 1. The minimum atomic E-state index is -0.285. The Bertz CT molecular complexity index is 789. The molecule has 1 amide bonds. The normalized spacial score (nSPS) is 17.5. The van der Waals surface area contributed by atoms with Gasteiger partial charge in [-0.2, -0.15) is 5.10 Å². The van der Waals surface area contributed by atoms with E-state index in [1.165, 1.54) is 4.68 Å². The zero-order chi connectivity index (χ0) is 17.1. The van der Waals surface area contributed by atoms with Gasteiger partial charge in [0.25, 0.3) is 5.56 Å². The average Bonchev–Trinajstić information content (AvgIpc) is 3.20. The molecule has 24 heavy (non-hydrogen) atoms. The Hall–Kier alpha value is -2.22. The zero-order valence-electron chi connectivity index (χ0n) is 14.0. The SMILES string of the molecule is Cc1nn(CCCC(=O)NC[C@@H]2CCCO2)c(=O)c2noc(C)c12. The molecule has 0 unspecified atom stereocenters. The van der Waals surface area contributed by atoms with E-state index in [2.05, 4.69) is 15.6 Å². The second-order valence-corrected chi connectivity index (χ2v) is 6.12. The predicted molar refractivity (Wildman–Crippen MR) is 86.8 cm³/mol. The van der Waals surface area contributed by atoms with E-state index in [0.717, 1.165) is 19.4 Å². The van der Waals surface area contributed by atoms with Crippen molar-refractivity contribution in [1.29, 1.82) is 0 Å². The Morgan fingerprint density at radius 1 is 1.42 bits per heavy atom. The van der Waals surface area contributed by atoms with Crippen LogP contribution in [0.2, 0.25) is 0 Å². The first kappa shape index (κ1) is 16.6. The molecule has 1 atom stereocenters. The standard InChI is InChI=1S/C16H22N4O4/c1-10-14-11(2)24-19-15(14)16(22)20(18-10)7-3-6-13(21)17-9-12-5-4-8-23-12/h12H,3-9H2,1-2H3,(H,17,21)/t12-/m0/s1. The van der Waals surface area contributed by atoms with Gasteiger partial charge in [-0.25, -0.2) is 4.68 Å². The van der Waals surface area contributed by atoms with Crippen molar-refractivity contribution in [2.24, 2.45) is 0 Å². The number of amides is 1. The smallest absolute Gasteiger partial charge is 0.296 e. The maximum Gasteiger partial charge on any atom is 0.296 e. The fourth-order valence-electron chi connectivity index (χ4n) is 3.01. The van der Waals surface area contributed by atoms with Crippen molar-refractivity contribution >= 4 is 16.8 Å². The van der Waals surface area contributed by atoms with E-state index in [4.69, 9.17) is 9.26 Å². The minimum absolute atomic E-state index is 0.0337. The van der Waals surface area contributed by atoms with E-state index in [0.29, 0.717) is 48.3 Å². The van der Waals surface area contributed by atoms with Gasteiger partial charge in [-0.15, -0.1) is 0 Å². The third kappa shape index (κ3) is 3.48. The summed E-state index contributed by atoms with van der Waals surface area (Å²) in [7, 11) is 0. The van der Waals surface area contributed by atoms with Gasteiger partial charge in [-0.1, -0.05) is 5.16 Å². The number of rotatable bonds is 6. The Kier molecular flexibility index (Phi) is 4.94. The molecule has 0 aromatic carbocycles. The van der Waals surface area contributed by atoms with Crippen molar-refractivity contribution in [2.45, 2.75) is 52.2 Å². The number of hydrogen-bond acceptors (Lipinski definition) is 6. The molecule has 0 aliphatic carbocycles. The van der Waals surface area contributed by atoms with E-state index >= 15 is 0 Å². The molecule has 0 bridgehead atoms. The molecule has 130 valence electrons. The van der Waals surface area contributed by atoms with E-state index in [9.17, 15) is 9.59 Å². The Morgan fingerprint density at radius 2 is 2.25 bits per heavy atom. The highest BCUT2D eigenvalue weighted by Gasteiger charge is 2.17. The largest absolute Gasteiger partial charge is 0.376 e. The maximum absolute atomic E-state index is 12.3. The Labute approximate surface area is 139 Å².